The van der Waals surface area contributed by atoms with Gasteiger partial charge in [-0.1, -0.05) is 23.7 Å². The molecule has 0 spiro atoms. The van der Waals surface area contributed by atoms with Crippen molar-refractivity contribution >= 4 is 40.2 Å². The number of rotatable bonds is 5. The molecule has 152 valence electrons. The number of halogens is 4. The number of carbonyl (C=O) groups excluding carboxylic acids is 2. The van der Waals surface area contributed by atoms with Crippen LogP contribution < -0.4 is 5.32 Å². The summed E-state index contributed by atoms with van der Waals surface area (Å²) in [7, 11) is 0. The molecule has 1 unspecified atom stereocenters. The average Bonchev–Trinajstić information content (AvgIpc) is 3.02. The molecule has 0 bridgehead atoms. The number of alkyl halides is 3. The Bertz CT molecular complexity index is 1050. The number of amides is 1. The molecule has 3 aromatic rings. The normalized spacial score (nSPS) is 12.6. The lowest BCUT2D eigenvalue weighted by Crippen LogP contribution is -2.31. The highest BCUT2D eigenvalue weighted by molar-refractivity contribution is 6.30. The molecule has 3 rings (SSSR count). The summed E-state index contributed by atoms with van der Waals surface area (Å²) in [5, 5.41) is 3.01. The van der Waals surface area contributed by atoms with E-state index in [0.29, 0.717) is 10.7 Å². The number of benzene rings is 2. The highest BCUT2D eigenvalue weighted by Crippen LogP contribution is 2.31. The molecule has 0 aliphatic heterocycles. The third-order valence-electron chi connectivity index (χ3n) is 3.98. The summed E-state index contributed by atoms with van der Waals surface area (Å²) in [5.74, 6) is -2.85. The van der Waals surface area contributed by atoms with Crippen molar-refractivity contribution in [1.29, 1.82) is 0 Å². The van der Waals surface area contributed by atoms with Gasteiger partial charge in [-0.05, 0) is 43.3 Å². The third kappa shape index (κ3) is 4.86. The van der Waals surface area contributed by atoms with Gasteiger partial charge in [-0.3, -0.25) is 9.59 Å². The van der Waals surface area contributed by atoms with E-state index in [0.717, 1.165) is 4.57 Å². The Morgan fingerprint density at radius 2 is 1.83 bits per heavy atom. The first kappa shape index (κ1) is 20.7. The van der Waals surface area contributed by atoms with Crippen LogP contribution in [0.2, 0.25) is 5.02 Å². The molecule has 0 saturated heterocycles. The van der Waals surface area contributed by atoms with Crippen molar-refractivity contribution in [3.63, 3.8) is 0 Å². The van der Waals surface area contributed by atoms with Crippen molar-refractivity contribution in [2.45, 2.75) is 25.7 Å². The monoisotopic (exact) mass is 425 g/mol. The number of carbonyl (C=O) groups is 2. The topological polar surface area (TPSA) is 73.2 Å². The number of nitrogens with zero attached hydrogens (tertiary/aromatic N) is 2. The summed E-state index contributed by atoms with van der Waals surface area (Å²) in [5.41, 5.74) is 0.665. The lowest BCUT2D eigenvalue weighted by molar-refractivity contribution is -0.156. The standard InChI is InChI=1S/C19H15ClF3N3O3/c1-11(17(28)24-13-8-6-12(20)7-9-13)29-16(27)10-26-15-5-3-2-4-14(15)25-18(26)19(21,22)23/h2-9,11H,10H2,1H3,(H,24,28). The van der Waals surface area contributed by atoms with E-state index in [9.17, 15) is 22.8 Å². The van der Waals surface area contributed by atoms with Crippen LogP contribution in [0.5, 0.6) is 0 Å². The van der Waals surface area contributed by atoms with Crippen LogP contribution in [0.4, 0.5) is 18.9 Å². The number of hydrogen-bond donors (Lipinski definition) is 1. The van der Waals surface area contributed by atoms with Gasteiger partial charge in [0, 0.05) is 10.7 Å². The molecule has 1 amide bonds. The fourth-order valence-electron chi connectivity index (χ4n) is 2.65. The second-order valence-corrected chi connectivity index (χ2v) is 6.57. The number of fused-ring (bicyclic) bond motifs is 1. The Morgan fingerprint density at radius 3 is 2.48 bits per heavy atom. The first-order valence-electron chi connectivity index (χ1n) is 8.43. The van der Waals surface area contributed by atoms with E-state index in [-0.39, 0.29) is 11.0 Å². The molecule has 1 atom stereocenters. The Hall–Kier alpha value is -3.07. The van der Waals surface area contributed by atoms with Gasteiger partial charge in [0.15, 0.2) is 6.10 Å². The summed E-state index contributed by atoms with van der Waals surface area (Å²) >= 11 is 5.76. The largest absolute Gasteiger partial charge is 0.451 e. The zero-order chi connectivity index (χ0) is 21.2. The summed E-state index contributed by atoms with van der Waals surface area (Å²) in [6, 6.07) is 12.2. The van der Waals surface area contributed by atoms with Crippen molar-refractivity contribution in [1.82, 2.24) is 9.55 Å². The summed E-state index contributed by atoms with van der Waals surface area (Å²) in [4.78, 5) is 27.9. The number of para-hydroxylation sites is 2. The molecule has 1 aromatic heterocycles. The number of hydrogen-bond acceptors (Lipinski definition) is 4. The van der Waals surface area contributed by atoms with Crippen molar-refractivity contribution < 1.29 is 27.5 Å². The van der Waals surface area contributed by atoms with Gasteiger partial charge in [0.2, 0.25) is 5.82 Å². The molecule has 0 radical (unpaired) electrons. The molecule has 1 heterocycles. The highest BCUT2D eigenvalue weighted by atomic mass is 35.5. The van der Waals surface area contributed by atoms with Gasteiger partial charge in [-0.15, -0.1) is 0 Å². The van der Waals surface area contributed by atoms with Crippen LogP contribution in [-0.4, -0.2) is 27.5 Å². The van der Waals surface area contributed by atoms with Crippen LogP contribution in [0.3, 0.4) is 0 Å². The van der Waals surface area contributed by atoms with Crippen LogP contribution in [0.25, 0.3) is 11.0 Å². The maximum atomic E-state index is 13.3. The van der Waals surface area contributed by atoms with E-state index in [2.05, 4.69) is 10.3 Å². The molecule has 6 nitrogen and oxygen atoms in total. The Balaban J connectivity index is 1.72. The molecule has 0 fully saturated rings. The molecule has 29 heavy (non-hydrogen) atoms. The number of esters is 1. The lowest BCUT2D eigenvalue weighted by Gasteiger charge is -2.15. The molecule has 10 heteroatoms. The zero-order valence-corrected chi connectivity index (χ0v) is 15.8. The molecule has 1 N–H and O–H groups in total. The smallest absolute Gasteiger partial charge is 0.449 e. The minimum absolute atomic E-state index is 0.0983. The molecule has 2 aromatic carbocycles. The van der Waals surface area contributed by atoms with Crippen LogP contribution in [0.1, 0.15) is 12.7 Å². The maximum Gasteiger partial charge on any atom is 0.449 e. The molecular weight excluding hydrogens is 411 g/mol. The van der Waals surface area contributed by atoms with E-state index < -0.39 is 36.5 Å². The molecule has 0 saturated carbocycles. The SMILES string of the molecule is CC(OC(=O)Cn1c(C(F)(F)F)nc2ccccc21)C(=O)Nc1ccc(Cl)cc1. The van der Waals surface area contributed by atoms with E-state index in [4.69, 9.17) is 16.3 Å². The number of aromatic nitrogens is 2. The minimum Gasteiger partial charge on any atom is -0.451 e. The maximum absolute atomic E-state index is 13.3. The van der Waals surface area contributed by atoms with E-state index in [1.807, 2.05) is 0 Å². The van der Waals surface area contributed by atoms with Crippen molar-refractivity contribution in [3.8, 4) is 0 Å². The van der Waals surface area contributed by atoms with E-state index in [1.54, 1.807) is 30.3 Å². The van der Waals surface area contributed by atoms with Crippen LogP contribution >= 0.6 is 11.6 Å². The predicted octanol–water partition coefficient (Wildman–Crippen LogP) is 4.28. The summed E-state index contributed by atoms with van der Waals surface area (Å²) in [6.45, 7) is 0.577. The quantitative estimate of drug-likeness (QED) is 0.619. The first-order valence-corrected chi connectivity index (χ1v) is 8.81. The van der Waals surface area contributed by atoms with Crippen LogP contribution in [0, 0.1) is 0 Å². The number of ether oxygens (including phenoxy) is 1. The average molecular weight is 426 g/mol. The molecular formula is C19H15ClF3N3O3. The molecule has 0 aliphatic rings. The fourth-order valence-corrected chi connectivity index (χ4v) is 2.77. The second kappa shape index (κ2) is 8.12. The van der Waals surface area contributed by atoms with E-state index in [1.165, 1.54) is 25.1 Å². The number of anilines is 1. The van der Waals surface area contributed by atoms with Gasteiger partial charge >= 0.3 is 12.1 Å². The Kier molecular flexibility index (Phi) is 5.78. The lowest BCUT2D eigenvalue weighted by atomic mass is 10.3. The van der Waals surface area contributed by atoms with Crippen molar-refractivity contribution in [2.24, 2.45) is 0 Å². The second-order valence-electron chi connectivity index (χ2n) is 6.14. The van der Waals surface area contributed by atoms with Crippen LogP contribution in [-0.2, 0) is 27.0 Å². The van der Waals surface area contributed by atoms with Gasteiger partial charge in [-0.25, -0.2) is 4.98 Å². The van der Waals surface area contributed by atoms with Gasteiger partial charge in [0.1, 0.15) is 6.54 Å². The Labute approximate surface area is 168 Å². The van der Waals surface area contributed by atoms with Crippen molar-refractivity contribution in [3.05, 3.63) is 59.4 Å². The fraction of sp³-hybridized carbons (Fsp3) is 0.211. The first-order chi connectivity index (χ1) is 13.6. The van der Waals surface area contributed by atoms with Gasteiger partial charge < -0.3 is 14.6 Å². The minimum atomic E-state index is -4.75. The third-order valence-corrected chi connectivity index (χ3v) is 4.24. The van der Waals surface area contributed by atoms with E-state index >= 15 is 0 Å². The van der Waals surface area contributed by atoms with Crippen molar-refractivity contribution in [2.75, 3.05) is 5.32 Å². The van der Waals surface area contributed by atoms with Gasteiger partial charge in [0.05, 0.1) is 11.0 Å². The highest BCUT2D eigenvalue weighted by Gasteiger charge is 2.38. The number of nitrogens with one attached hydrogen (secondary N) is 1. The zero-order valence-electron chi connectivity index (χ0n) is 15.0. The predicted molar refractivity (Wildman–Crippen MR) is 100 cm³/mol. The number of imidazole rings is 1. The summed E-state index contributed by atoms with van der Waals surface area (Å²) < 4.78 is 45.6. The molecule has 0 aliphatic carbocycles. The summed E-state index contributed by atoms with van der Waals surface area (Å²) in [6.07, 6.45) is -5.97. The van der Waals surface area contributed by atoms with Gasteiger partial charge in [0.25, 0.3) is 5.91 Å². The van der Waals surface area contributed by atoms with Gasteiger partial charge in [-0.2, -0.15) is 13.2 Å². The Morgan fingerprint density at radius 1 is 1.17 bits per heavy atom. The van der Waals surface area contributed by atoms with Crippen LogP contribution in [0.15, 0.2) is 48.5 Å².